The van der Waals surface area contributed by atoms with Gasteiger partial charge >= 0.3 is 10.2 Å². The standard InChI is InChI=1S/C9H7Cl2FN2O3S/c10-7-2-1-6(9(11)13-7)14-4-5(3-8(14)15)18(12,16)17/h1-2,5H,3-4H2. The number of anilines is 1. The lowest BCUT2D eigenvalue weighted by Crippen LogP contribution is -2.27. The second kappa shape index (κ2) is 4.64. The Morgan fingerprint density at radius 2 is 2.06 bits per heavy atom. The number of nitrogens with zero attached hydrogens (tertiary/aromatic N) is 2. The Balaban J connectivity index is 2.33. The fraction of sp³-hybridized carbons (Fsp3) is 0.333. The minimum absolute atomic E-state index is 0.0345. The van der Waals surface area contributed by atoms with E-state index in [0.29, 0.717) is 0 Å². The van der Waals surface area contributed by atoms with Crippen LogP contribution in [0.2, 0.25) is 10.3 Å². The SMILES string of the molecule is O=C1CC(S(=O)(=O)F)CN1c1ccc(Cl)nc1Cl. The zero-order valence-corrected chi connectivity index (χ0v) is 11.1. The van der Waals surface area contributed by atoms with Gasteiger partial charge in [0.25, 0.3) is 0 Å². The number of aromatic nitrogens is 1. The number of halogens is 3. The number of pyridine rings is 1. The molecule has 1 aromatic rings. The topological polar surface area (TPSA) is 67.3 Å². The first-order valence-corrected chi connectivity index (χ1v) is 7.05. The Bertz CT molecular complexity index is 608. The minimum Gasteiger partial charge on any atom is -0.308 e. The molecule has 18 heavy (non-hydrogen) atoms. The first kappa shape index (κ1) is 13.5. The second-order valence-corrected chi connectivity index (χ2v) is 6.11. The van der Waals surface area contributed by atoms with Crippen LogP contribution in [0.25, 0.3) is 0 Å². The summed E-state index contributed by atoms with van der Waals surface area (Å²) in [6, 6.07) is 2.84. The molecule has 1 atom stereocenters. The summed E-state index contributed by atoms with van der Waals surface area (Å²) in [7, 11) is -4.75. The zero-order chi connectivity index (χ0) is 13.5. The zero-order valence-electron chi connectivity index (χ0n) is 8.81. The highest BCUT2D eigenvalue weighted by atomic mass is 35.5. The Labute approximate surface area is 113 Å². The van der Waals surface area contributed by atoms with E-state index in [4.69, 9.17) is 23.2 Å². The third-order valence-electron chi connectivity index (χ3n) is 2.57. The molecule has 1 fully saturated rings. The number of hydrogen-bond acceptors (Lipinski definition) is 4. The van der Waals surface area contributed by atoms with Crippen molar-refractivity contribution in [3.8, 4) is 0 Å². The molecular formula is C9H7Cl2FN2O3S. The quantitative estimate of drug-likeness (QED) is 0.617. The largest absolute Gasteiger partial charge is 0.308 e. The van der Waals surface area contributed by atoms with E-state index in [1.807, 2.05) is 0 Å². The summed E-state index contributed by atoms with van der Waals surface area (Å²) < 4.78 is 34.4. The second-order valence-electron chi connectivity index (χ2n) is 3.75. The van der Waals surface area contributed by atoms with Gasteiger partial charge in [0.2, 0.25) is 5.91 Å². The van der Waals surface area contributed by atoms with Gasteiger partial charge in [-0.05, 0) is 12.1 Å². The minimum atomic E-state index is -4.75. The van der Waals surface area contributed by atoms with Crippen molar-refractivity contribution in [3.63, 3.8) is 0 Å². The van der Waals surface area contributed by atoms with Gasteiger partial charge in [0, 0.05) is 13.0 Å². The number of carbonyl (C=O) groups is 1. The maximum Gasteiger partial charge on any atom is 0.307 e. The van der Waals surface area contributed by atoms with Crippen molar-refractivity contribution in [2.75, 3.05) is 11.4 Å². The van der Waals surface area contributed by atoms with Crippen LogP contribution in [0.15, 0.2) is 12.1 Å². The molecule has 98 valence electrons. The third-order valence-corrected chi connectivity index (χ3v) is 4.17. The van der Waals surface area contributed by atoms with E-state index in [0.717, 1.165) is 4.90 Å². The van der Waals surface area contributed by atoms with Crippen molar-refractivity contribution in [2.24, 2.45) is 0 Å². The maximum absolute atomic E-state index is 12.8. The molecule has 0 saturated carbocycles. The lowest BCUT2D eigenvalue weighted by Gasteiger charge is -2.16. The monoisotopic (exact) mass is 312 g/mol. The molecule has 5 nitrogen and oxygen atoms in total. The average molecular weight is 313 g/mol. The first-order chi connectivity index (χ1) is 8.29. The van der Waals surface area contributed by atoms with Gasteiger partial charge in [0.1, 0.15) is 10.4 Å². The lowest BCUT2D eigenvalue weighted by molar-refractivity contribution is -0.117. The van der Waals surface area contributed by atoms with E-state index in [2.05, 4.69) is 4.98 Å². The molecule has 1 aromatic heterocycles. The van der Waals surface area contributed by atoms with Gasteiger partial charge in [0.05, 0.1) is 5.69 Å². The Hall–Kier alpha value is -0.920. The molecule has 2 rings (SSSR count). The van der Waals surface area contributed by atoms with E-state index in [-0.39, 0.29) is 22.5 Å². The van der Waals surface area contributed by atoms with Crippen molar-refractivity contribution in [1.82, 2.24) is 4.98 Å². The third kappa shape index (κ3) is 2.57. The van der Waals surface area contributed by atoms with Crippen LogP contribution in [-0.2, 0) is 15.0 Å². The highest BCUT2D eigenvalue weighted by Gasteiger charge is 2.39. The van der Waals surface area contributed by atoms with Crippen LogP contribution in [0.3, 0.4) is 0 Å². The van der Waals surface area contributed by atoms with Crippen molar-refractivity contribution in [2.45, 2.75) is 11.7 Å². The van der Waals surface area contributed by atoms with Crippen molar-refractivity contribution in [3.05, 3.63) is 22.4 Å². The molecule has 0 aromatic carbocycles. The van der Waals surface area contributed by atoms with E-state index >= 15 is 0 Å². The summed E-state index contributed by atoms with van der Waals surface area (Å²) in [6.07, 6.45) is -0.405. The molecule has 0 radical (unpaired) electrons. The normalized spacial score (nSPS) is 20.5. The first-order valence-electron chi connectivity index (χ1n) is 4.85. The van der Waals surface area contributed by atoms with Crippen molar-refractivity contribution < 1.29 is 17.1 Å². The molecule has 0 spiro atoms. The van der Waals surface area contributed by atoms with Gasteiger partial charge in [-0.2, -0.15) is 8.42 Å². The molecule has 1 aliphatic heterocycles. The van der Waals surface area contributed by atoms with Crippen LogP contribution >= 0.6 is 23.2 Å². The van der Waals surface area contributed by atoms with Crippen molar-refractivity contribution in [1.29, 1.82) is 0 Å². The molecular weight excluding hydrogens is 306 g/mol. The average Bonchev–Trinajstić information content (AvgIpc) is 2.60. The maximum atomic E-state index is 12.8. The van der Waals surface area contributed by atoms with Gasteiger partial charge in [-0.3, -0.25) is 4.79 Å². The summed E-state index contributed by atoms with van der Waals surface area (Å²) in [4.78, 5) is 16.5. The predicted molar refractivity (Wildman–Crippen MR) is 65.0 cm³/mol. The molecule has 9 heteroatoms. The van der Waals surface area contributed by atoms with Gasteiger partial charge < -0.3 is 4.90 Å². The lowest BCUT2D eigenvalue weighted by atomic mass is 10.4. The number of amides is 1. The summed E-state index contributed by atoms with van der Waals surface area (Å²) in [5, 5.41) is -1.26. The van der Waals surface area contributed by atoms with E-state index in [9.17, 15) is 17.1 Å². The van der Waals surface area contributed by atoms with Crippen molar-refractivity contribution >= 4 is 45.0 Å². The van der Waals surface area contributed by atoms with Crippen LogP contribution in [0.4, 0.5) is 9.57 Å². The molecule has 0 N–H and O–H groups in total. The summed E-state index contributed by atoms with van der Waals surface area (Å²) in [5.41, 5.74) is 0.220. The Morgan fingerprint density at radius 3 is 2.56 bits per heavy atom. The van der Waals surface area contributed by atoms with Gasteiger partial charge in [0.15, 0.2) is 5.15 Å². The van der Waals surface area contributed by atoms with Crippen LogP contribution < -0.4 is 4.90 Å². The Kier molecular flexibility index (Phi) is 3.48. The molecule has 1 unspecified atom stereocenters. The van der Waals surface area contributed by atoms with Crippen LogP contribution in [0.1, 0.15) is 6.42 Å². The van der Waals surface area contributed by atoms with Gasteiger partial charge in [-0.25, -0.2) is 4.98 Å². The number of hydrogen-bond donors (Lipinski definition) is 0. The molecule has 1 aliphatic rings. The fourth-order valence-corrected chi connectivity index (χ4v) is 2.82. The summed E-state index contributed by atoms with van der Waals surface area (Å²) in [6.45, 7) is -0.277. The molecule has 2 heterocycles. The smallest absolute Gasteiger partial charge is 0.307 e. The highest BCUT2D eigenvalue weighted by Crippen LogP contribution is 2.31. The van der Waals surface area contributed by atoms with E-state index in [1.165, 1.54) is 12.1 Å². The van der Waals surface area contributed by atoms with Crippen LogP contribution in [-0.4, -0.2) is 31.1 Å². The molecule has 0 bridgehead atoms. The van der Waals surface area contributed by atoms with Crippen LogP contribution in [0.5, 0.6) is 0 Å². The predicted octanol–water partition coefficient (Wildman–Crippen LogP) is 1.79. The molecule has 1 amide bonds. The number of carbonyl (C=O) groups excluding carboxylic acids is 1. The van der Waals surface area contributed by atoms with Gasteiger partial charge in [-0.15, -0.1) is 3.89 Å². The number of rotatable bonds is 2. The summed E-state index contributed by atoms with van der Waals surface area (Å²) >= 11 is 11.4. The molecule has 1 saturated heterocycles. The Morgan fingerprint density at radius 1 is 1.39 bits per heavy atom. The highest BCUT2D eigenvalue weighted by molar-refractivity contribution is 7.87. The fourth-order valence-electron chi connectivity index (χ4n) is 1.70. The van der Waals surface area contributed by atoms with E-state index < -0.39 is 27.8 Å². The van der Waals surface area contributed by atoms with Gasteiger partial charge in [-0.1, -0.05) is 23.2 Å². The van der Waals surface area contributed by atoms with Crippen LogP contribution in [0, 0.1) is 0 Å². The molecule has 0 aliphatic carbocycles. The van der Waals surface area contributed by atoms with E-state index in [1.54, 1.807) is 0 Å². The summed E-state index contributed by atoms with van der Waals surface area (Å²) in [5.74, 6) is -0.521.